The van der Waals surface area contributed by atoms with Gasteiger partial charge in [0, 0.05) is 5.92 Å². The van der Waals surface area contributed by atoms with Gasteiger partial charge in [-0.25, -0.2) is 4.79 Å². The first-order valence-electron chi connectivity index (χ1n) is 14.7. The molecule has 4 heteroatoms. The molecule has 2 aromatic carbocycles. The van der Waals surface area contributed by atoms with Gasteiger partial charge in [-0.2, -0.15) is 0 Å². The predicted molar refractivity (Wildman–Crippen MR) is 150 cm³/mol. The maximum Gasteiger partial charge on any atom is 0.410 e. The smallest absolute Gasteiger partial charge is 0.410 e. The molecule has 37 heavy (non-hydrogen) atoms. The van der Waals surface area contributed by atoms with Crippen LogP contribution in [0.15, 0.2) is 60.2 Å². The van der Waals surface area contributed by atoms with Crippen LogP contribution in [0.1, 0.15) is 94.6 Å². The van der Waals surface area contributed by atoms with Gasteiger partial charge in [0.1, 0.15) is 6.61 Å². The Kier molecular flexibility index (Phi) is 8.99. The lowest BCUT2D eigenvalue weighted by Crippen LogP contribution is -2.56. The summed E-state index contributed by atoms with van der Waals surface area (Å²) in [6.07, 6.45) is 16.3. The third-order valence-electron chi connectivity index (χ3n) is 8.42. The minimum atomic E-state index is -0.196. The zero-order valence-corrected chi connectivity index (χ0v) is 22.5. The van der Waals surface area contributed by atoms with Crippen LogP contribution < -0.4 is 0 Å². The topological polar surface area (TPSA) is 38.8 Å². The molecular formula is C33H43NO3. The lowest BCUT2D eigenvalue weighted by Gasteiger charge is -2.44. The number of benzene rings is 2. The van der Waals surface area contributed by atoms with E-state index in [1.807, 2.05) is 4.90 Å². The largest absolute Gasteiger partial charge is 0.448 e. The maximum atomic E-state index is 13.3. The molecule has 1 aliphatic carbocycles. The molecule has 0 saturated carbocycles. The molecule has 5 rings (SSSR count). The molecule has 1 fully saturated rings. The minimum absolute atomic E-state index is 0.00304. The SMILES string of the molecule is CCCCCCCCCCCC1=CC2COCC(C1)N2C(=O)OCC1c2ccccc2-c2ccccc21. The Hall–Kier alpha value is -2.59. The standard InChI is InChI=1S/C33H43NO3/c1-2-3-4-5-6-7-8-9-10-15-25-20-26-22-36-23-27(21-25)34(26)33(35)37-24-32-30-18-13-11-16-28(30)29-17-12-14-19-31(29)32/h11-14,16-20,26-27,32H,2-10,15,21-24H2,1H3. The summed E-state index contributed by atoms with van der Waals surface area (Å²) in [5.41, 5.74) is 6.52. The molecule has 2 aliphatic heterocycles. The molecule has 2 heterocycles. The van der Waals surface area contributed by atoms with Crippen molar-refractivity contribution in [2.24, 2.45) is 0 Å². The first kappa shape index (κ1) is 26.0. The zero-order valence-electron chi connectivity index (χ0n) is 22.5. The second kappa shape index (κ2) is 12.8. The van der Waals surface area contributed by atoms with Crippen molar-refractivity contribution in [1.29, 1.82) is 0 Å². The van der Waals surface area contributed by atoms with Crippen molar-refractivity contribution in [1.82, 2.24) is 4.90 Å². The molecule has 0 N–H and O–H groups in total. The van der Waals surface area contributed by atoms with Crippen molar-refractivity contribution >= 4 is 6.09 Å². The number of nitrogens with zero attached hydrogens (tertiary/aromatic N) is 1. The maximum absolute atomic E-state index is 13.3. The molecule has 0 aromatic heterocycles. The highest BCUT2D eigenvalue weighted by atomic mass is 16.6. The van der Waals surface area contributed by atoms with Crippen molar-refractivity contribution in [3.05, 3.63) is 71.3 Å². The number of amides is 1. The number of hydrogen-bond donors (Lipinski definition) is 0. The zero-order chi connectivity index (χ0) is 25.5. The van der Waals surface area contributed by atoms with E-state index in [-0.39, 0.29) is 24.1 Å². The lowest BCUT2D eigenvalue weighted by molar-refractivity contribution is -0.0365. The van der Waals surface area contributed by atoms with E-state index in [4.69, 9.17) is 9.47 Å². The summed E-state index contributed by atoms with van der Waals surface area (Å²) < 4.78 is 11.9. The van der Waals surface area contributed by atoms with Crippen molar-refractivity contribution in [3.63, 3.8) is 0 Å². The van der Waals surface area contributed by atoms with Gasteiger partial charge in [-0.1, -0.05) is 118 Å². The van der Waals surface area contributed by atoms with Crippen LogP contribution in [0.4, 0.5) is 4.79 Å². The molecule has 2 atom stereocenters. The van der Waals surface area contributed by atoms with Gasteiger partial charge in [-0.3, -0.25) is 4.90 Å². The van der Waals surface area contributed by atoms with Crippen LogP contribution in [-0.4, -0.2) is 42.9 Å². The summed E-state index contributed by atoms with van der Waals surface area (Å²) in [5.74, 6) is 0.0926. The van der Waals surface area contributed by atoms with Gasteiger partial charge in [0.25, 0.3) is 0 Å². The molecule has 3 aliphatic rings. The second-order valence-corrected chi connectivity index (χ2v) is 11.1. The molecule has 2 bridgehead atoms. The number of carbonyl (C=O) groups excluding carboxylic acids is 1. The van der Waals surface area contributed by atoms with Gasteiger partial charge in [0.05, 0.1) is 25.3 Å². The second-order valence-electron chi connectivity index (χ2n) is 11.1. The van der Waals surface area contributed by atoms with Crippen molar-refractivity contribution in [2.75, 3.05) is 19.8 Å². The molecule has 0 spiro atoms. The number of morpholine rings is 1. The first-order chi connectivity index (χ1) is 18.3. The van der Waals surface area contributed by atoms with Crippen molar-refractivity contribution < 1.29 is 14.3 Å². The molecule has 198 valence electrons. The van der Waals surface area contributed by atoms with Crippen LogP contribution in [0.2, 0.25) is 0 Å². The third kappa shape index (κ3) is 6.12. The van der Waals surface area contributed by atoms with Gasteiger partial charge < -0.3 is 9.47 Å². The van der Waals surface area contributed by atoms with Gasteiger partial charge in [-0.15, -0.1) is 0 Å². The lowest BCUT2D eigenvalue weighted by atomic mass is 9.91. The van der Waals surface area contributed by atoms with Crippen LogP contribution in [0.3, 0.4) is 0 Å². The first-order valence-corrected chi connectivity index (χ1v) is 14.7. The van der Waals surface area contributed by atoms with Crippen LogP contribution in [0.5, 0.6) is 0 Å². The third-order valence-corrected chi connectivity index (χ3v) is 8.42. The van der Waals surface area contributed by atoms with E-state index in [0.717, 1.165) is 12.8 Å². The summed E-state index contributed by atoms with van der Waals surface area (Å²) in [6.45, 7) is 3.83. The van der Waals surface area contributed by atoms with Crippen molar-refractivity contribution in [3.8, 4) is 11.1 Å². The summed E-state index contributed by atoms with van der Waals surface area (Å²) in [5, 5.41) is 0. The highest BCUT2D eigenvalue weighted by Crippen LogP contribution is 2.44. The normalized spacial score (nSPS) is 20.4. The number of fused-ring (bicyclic) bond motifs is 5. The fourth-order valence-electron chi connectivity index (χ4n) is 6.49. The van der Waals surface area contributed by atoms with Gasteiger partial charge >= 0.3 is 6.09 Å². The average Bonchev–Trinajstić information content (AvgIpc) is 3.24. The molecular weight excluding hydrogens is 458 g/mol. The fraction of sp³-hybridized carbons (Fsp3) is 0.545. The molecule has 4 nitrogen and oxygen atoms in total. The van der Waals surface area contributed by atoms with Crippen LogP contribution in [0.25, 0.3) is 11.1 Å². The quantitative estimate of drug-likeness (QED) is 0.217. The van der Waals surface area contributed by atoms with Gasteiger partial charge in [-0.05, 0) is 41.5 Å². The van der Waals surface area contributed by atoms with Crippen LogP contribution in [-0.2, 0) is 9.47 Å². The summed E-state index contributed by atoms with van der Waals surface area (Å²) >= 11 is 0. The average molecular weight is 502 g/mol. The Bertz CT molecular complexity index is 1030. The number of rotatable bonds is 12. The minimum Gasteiger partial charge on any atom is -0.448 e. The molecule has 2 unspecified atom stereocenters. The number of unbranched alkanes of at least 4 members (excludes halogenated alkanes) is 8. The molecule has 1 saturated heterocycles. The summed E-state index contributed by atoms with van der Waals surface area (Å²) in [7, 11) is 0. The monoisotopic (exact) mass is 501 g/mol. The predicted octanol–water partition coefficient (Wildman–Crippen LogP) is 8.26. The van der Waals surface area contributed by atoms with E-state index in [2.05, 4.69) is 61.5 Å². The Morgan fingerprint density at radius 1 is 0.865 bits per heavy atom. The molecule has 0 radical (unpaired) electrons. The van der Waals surface area contributed by atoms with E-state index < -0.39 is 0 Å². The summed E-state index contributed by atoms with van der Waals surface area (Å²) in [4.78, 5) is 15.3. The van der Waals surface area contributed by atoms with E-state index >= 15 is 0 Å². The van der Waals surface area contributed by atoms with Crippen molar-refractivity contribution in [2.45, 2.75) is 95.6 Å². The Morgan fingerprint density at radius 2 is 1.49 bits per heavy atom. The van der Waals surface area contributed by atoms with Gasteiger partial charge in [0.15, 0.2) is 0 Å². The van der Waals surface area contributed by atoms with E-state index in [1.54, 1.807) is 0 Å². The number of hydrogen-bond acceptors (Lipinski definition) is 3. The van der Waals surface area contributed by atoms with E-state index in [9.17, 15) is 4.79 Å². The van der Waals surface area contributed by atoms with E-state index in [0.29, 0.717) is 19.8 Å². The van der Waals surface area contributed by atoms with E-state index in [1.165, 1.54) is 85.6 Å². The molecule has 2 aromatic rings. The Balaban J connectivity index is 1.12. The Morgan fingerprint density at radius 3 is 2.14 bits per heavy atom. The molecule has 1 amide bonds. The van der Waals surface area contributed by atoms with Crippen LogP contribution in [0, 0.1) is 0 Å². The summed E-state index contributed by atoms with van der Waals surface area (Å²) in [6, 6.07) is 17.1. The fourth-order valence-corrected chi connectivity index (χ4v) is 6.49. The van der Waals surface area contributed by atoms with Crippen LogP contribution >= 0.6 is 0 Å². The Labute approximate surface area is 223 Å². The highest BCUT2D eigenvalue weighted by Gasteiger charge is 2.39. The highest BCUT2D eigenvalue weighted by molar-refractivity contribution is 5.79. The number of ether oxygens (including phenoxy) is 2. The van der Waals surface area contributed by atoms with Gasteiger partial charge in [0.2, 0.25) is 0 Å². The number of carbonyl (C=O) groups is 1.